The van der Waals surface area contributed by atoms with Gasteiger partial charge in [0.2, 0.25) is 0 Å². The first-order valence-corrected chi connectivity index (χ1v) is 9.86. The van der Waals surface area contributed by atoms with E-state index in [1.54, 1.807) is 0 Å². The van der Waals surface area contributed by atoms with Crippen LogP contribution in [0.5, 0.6) is 0 Å². The average molecular weight is 424 g/mol. The normalized spacial score (nSPS) is 30.9. The van der Waals surface area contributed by atoms with Gasteiger partial charge in [0.15, 0.2) is 17.8 Å². The van der Waals surface area contributed by atoms with Crippen molar-refractivity contribution >= 4 is 29.8 Å². The van der Waals surface area contributed by atoms with Gasteiger partial charge in [-0.3, -0.25) is 14.4 Å². The van der Waals surface area contributed by atoms with Crippen molar-refractivity contribution in [3.63, 3.8) is 0 Å². The summed E-state index contributed by atoms with van der Waals surface area (Å²) in [6.07, 6.45) is 5.19. The fourth-order valence-corrected chi connectivity index (χ4v) is 5.61. The molecule has 0 radical (unpaired) electrons. The molecule has 0 atom stereocenters. The van der Waals surface area contributed by atoms with E-state index >= 15 is 0 Å². The van der Waals surface area contributed by atoms with Crippen molar-refractivity contribution in [1.29, 1.82) is 0 Å². The summed E-state index contributed by atoms with van der Waals surface area (Å²) in [6, 6.07) is 0. The first-order chi connectivity index (χ1) is 13.2. The van der Waals surface area contributed by atoms with Crippen LogP contribution in [-0.4, -0.2) is 35.0 Å². The molecule has 0 saturated heterocycles. The van der Waals surface area contributed by atoms with Gasteiger partial charge >= 0.3 is 17.4 Å². The highest BCUT2D eigenvalue weighted by atomic mass is 32.2. The van der Waals surface area contributed by atoms with Gasteiger partial charge in [-0.15, -0.1) is 4.33 Å². The predicted octanol–water partition coefficient (Wildman–Crippen LogP) is 3.26. The largest absolute Gasteiger partial charge is 0.484 e. The summed E-state index contributed by atoms with van der Waals surface area (Å²) >= 11 is -0.768. The summed E-state index contributed by atoms with van der Waals surface area (Å²) < 4.78 is 38.6. The fraction of sp³-hybridized carbons (Fsp3) is 0.824. The molecule has 4 bridgehead atoms. The van der Waals surface area contributed by atoms with E-state index in [0.29, 0.717) is 17.8 Å². The number of hydrogen-bond donors (Lipinski definition) is 1. The van der Waals surface area contributed by atoms with E-state index in [1.807, 2.05) is 0 Å². The van der Waals surface area contributed by atoms with Gasteiger partial charge in [-0.05, 0) is 56.3 Å². The Morgan fingerprint density at radius 1 is 1.00 bits per heavy atom. The maximum Gasteiger partial charge on any atom is 0.484 e. The number of rotatable bonds is 10. The molecular weight excluding hydrogens is 402 g/mol. The number of ether oxygens (including phenoxy) is 2. The maximum absolute atomic E-state index is 13.1. The lowest BCUT2D eigenvalue weighted by Gasteiger charge is -2.56. The van der Waals surface area contributed by atoms with Crippen molar-refractivity contribution in [2.75, 3.05) is 6.61 Å². The Bertz CT molecular complexity index is 591. The van der Waals surface area contributed by atoms with Crippen LogP contribution in [0.3, 0.4) is 0 Å². The maximum atomic E-state index is 13.1. The van der Waals surface area contributed by atoms with E-state index in [1.165, 1.54) is 19.3 Å². The van der Waals surface area contributed by atoms with Crippen LogP contribution < -0.4 is 0 Å². The molecule has 0 spiro atoms. The van der Waals surface area contributed by atoms with Gasteiger partial charge in [0.05, 0.1) is 6.61 Å². The third-order valence-electron chi connectivity index (χ3n) is 5.78. The fourth-order valence-electron chi connectivity index (χ4n) is 5.38. The lowest BCUT2D eigenvalue weighted by Crippen LogP contribution is -2.48. The smallest absolute Gasteiger partial charge is 0.465 e. The van der Waals surface area contributed by atoms with Gasteiger partial charge in [-0.25, -0.2) is 5.26 Å². The van der Waals surface area contributed by atoms with Crippen molar-refractivity contribution < 1.29 is 47.3 Å². The lowest BCUT2D eigenvalue weighted by atomic mass is 9.50. The number of halogens is 2. The van der Waals surface area contributed by atoms with Crippen molar-refractivity contribution in [3.8, 4) is 0 Å². The third-order valence-corrected chi connectivity index (χ3v) is 6.19. The van der Waals surface area contributed by atoms with Gasteiger partial charge < -0.3 is 9.47 Å². The molecule has 28 heavy (non-hydrogen) atoms. The Labute approximate surface area is 164 Å². The van der Waals surface area contributed by atoms with Gasteiger partial charge in [-0.1, -0.05) is 5.04 Å². The Morgan fingerprint density at radius 2 is 1.54 bits per heavy atom. The Balaban J connectivity index is 1.39. The van der Waals surface area contributed by atoms with Crippen molar-refractivity contribution in [2.45, 2.75) is 56.8 Å². The zero-order chi connectivity index (χ0) is 20.4. The van der Waals surface area contributed by atoms with Gasteiger partial charge in [0.25, 0.3) is 0 Å². The third kappa shape index (κ3) is 5.62. The lowest BCUT2D eigenvalue weighted by molar-refractivity contribution is -0.434. The zero-order valence-corrected chi connectivity index (χ0v) is 15.9. The molecule has 0 aromatic carbocycles. The Hall–Kier alpha value is -1.30. The Morgan fingerprint density at radius 3 is 2.07 bits per heavy atom. The highest BCUT2D eigenvalue weighted by Gasteiger charge is 2.51. The minimum absolute atomic E-state index is 0.000442. The molecule has 4 aliphatic carbocycles. The average Bonchev–Trinajstić information content (AvgIpc) is 2.56. The van der Waals surface area contributed by atoms with E-state index in [4.69, 9.17) is 9.99 Å². The number of carbonyl (C=O) groups is 3. The highest BCUT2D eigenvalue weighted by Crippen LogP contribution is 2.60. The second kappa shape index (κ2) is 8.60. The molecule has 4 saturated carbocycles. The summed E-state index contributed by atoms with van der Waals surface area (Å²) in [5, 5.41) is 10.8. The molecule has 0 aliphatic heterocycles. The van der Waals surface area contributed by atoms with Gasteiger partial charge in [0, 0.05) is 5.41 Å². The van der Waals surface area contributed by atoms with Gasteiger partial charge in [0.1, 0.15) is 12.8 Å². The molecule has 0 heterocycles. The van der Waals surface area contributed by atoms with E-state index in [0.717, 1.165) is 19.3 Å². The zero-order valence-electron chi connectivity index (χ0n) is 15.1. The summed E-state index contributed by atoms with van der Waals surface area (Å²) in [5.41, 5.74) is -4.17. The molecule has 11 heteroatoms. The molecule has 4 fully saturated rings. The molecule has 0 amide bonds. The Kier molecular flexibility index (Phi) is 6.58. The van der Waals surface area contributed by atoms with E-state index in [-0.39, 0.29) is 12.0 Å². The minimum atomic E-state index is -4.17. The monoisotopic (exact) mass is 424 g/mol. The summed E-state index contributed by atoms with van der Waals surface area (Å²) in [7, 11) is 0. The molecular formula is C17H22F2O8S. The number of alkyl halides is 2. The standard InChI is InChI=1S/C17H22F2O8S/c18-17(19,28-27-26-23)25-15(22)5-13(20)4-14(21)24-9-16-6-10-1-11(7-16)3-12(2-10)8-16/h10-12,23H,1-9H2. The molecule has 4 rings (SSSR count). The van der Waals surface area contributed by atoms with Crippen molar-refractivity contribution in [1.82, 2.24) is 0 Å². The number of Topliss-reactive ketones (excluding diaryl/α,β-unsaturated/α-hetero) is 1. The van der Waals surface area contributed by atoms with Crippen LogP contribution in [0, 0.1) is 23.2 Å². The molecule has 0 aromatic rings. The van der Waals surface area contributed by atoms with Crippen LogP contribution in [0.4, 0.5) is 8.78 Å². The van der Waals surface area contributed by atoms with Crippen LogP contribution in [-0.2, 0) is 33.2 Å². The summed E-state index contributed by atoms with van der Waals surface area (Å²) in [5.74, 6) is -1.12. The molecule has 158 valence electrons. The molecule has 1 N–H and O–H groups in total. The molecule has 8 nitrogen and oxygen atoms in total. The van der Waals surface area contributed by atoms with Crippen molar-refractivity contribution in [3.05, 3.63) is 0 Å². The molecule has 0 unspecified atom stereocenters. The number of ketones is 1. The number of hydrogen-bond acceptors (Lipinski definition) is 9. The summed E-state index contributed by atoms with van der Waals surface area (Å²) in [4.78, 5) is 35.0. The number of carbonyl (C=O) groups excluding carboxylic acids is 3. The SMILES string of the molecule is O=C(CC(=O)OCC12CC3CC(CC(C3)C1)C2)CC(=O)OC(F)(F)SOOO. The van der Waals surface area contributed by atoms with Crippen LogP contribution in [0.15, 0.2) is 0 Å². The van der Waals surface area contributed by atoms with E-state index in [9.17, 15) is 23.2 Å². The minimum Gasteiger partial charge on any atom is -0.465 e. The summed E-state index contributed by atoms with van der Waals surface area (Å²) in [6.45, 7) is 0.264. The van der Waals surface area contributed by atoms with E-state index in [2.05, 4.69) is 14.1 Å². The van der Waals surface area contributed by atoms with Crippen molar-refractivity contribution in [2.24, 2.45) is 23.2 Å². The number of esters is 2. The van der Waals surface area contributed by atoms with Crippen LogP contribution in [0.25, 0.3) is 0 Å². The van der Waals surface area contributed by atoms with Gasteiger partial charge in [-0.2, -0.15) is 8.78 Å². The van der Waals surface area contributed by atoms with Crippen LogP contribution >= 0.6 is 12.0 Å². The molecule has 0 aromatic heterocycles. The van der Waals surface area contributed by atoms with E-state index < -0.39 is 48.0 Å². The second-order valence-corrected chi connectivity index (χ2v) is 8.91. The van der Waals surface area contributed by atoms with Crippen LogP contribution in [0.1, 0.15) is 51.4 Å². The molecule has 4 aliphatic rings. The van der Waals surface area contributed by atoms with Crippen LogP contribution in [0.2, 0.25) is 0 Å². The predicted molar refractivity (Wildman–Crippen MR) is 89.2 cm³/mol. The quantitative estimate of drug-likeness (QED) is 0.141. The first kappa shape index (κ1) is 21.4. The second-order valence-electron chi connectivity index (χ2n) is 8.13. The topological polar surface area (TPSA) is 108 Å². The first-order valence-electron chi connectivity index (χ1n) is 9.11. The highest BCUT2D eigenvalue weighted by molar-refractivity contribution is 7.95.